The molecule has 0 spiro atoms. The Labute approximate surface area is 133 Å². The normalized spacial score (nSPS) is 10.2. The maximum atomic E-state index is 12.4. The number of rotatable bonds is 5. The average molecular weight is 324 g/mol. The van der Waals surface area contributed by atoms with Gasteiger partial charge in [0.05, 0.1) is 12.2 Å². The van der Waals surface area contributed by atoms with Crippen molar-refractivity contribution in [3.8, 4) is 5.75 Å². The molecule has 0 aliphatic carbocycles. The van der Waals surface area contributed by atoms with Crippen molar-refractivity contribution in [2.24, 2.45) is 0 Å². The zero-order valence-corrected chi connectivity index (χ0v) is 13.0. The van der Waals surface area contributed by atoms with E-state index in [0.717, 1.165) is 6.42 Å². The largest absolute Gasteiger partial charge is 0.493 e. The molecule has 0 heterocycles. The lowest BCUT2D eigenvalue weighted by molar-refractivity contribution is 0.102. The van der Waals surface area contributed by atoms with Gasteiger partial charge >= 0.3 is 0 Å². The average Bonchev–Trinajstić information content (AvgIpc) is 2.48. The number of ether oxygens (including phenoxy) is 1. The highest BCUT2D eigenvalue weighted by Gasteiger charge is 2.13. The standard InChI is InChI=1S/C16H15Cl2NO2/c1-2-9-21-15-8-5-12(18)10-14(15)16(20)19-13-6-3-11(17)4-7-13/h3-8,10H,2,9H2,1H3,(H,19,20). The number of nitrogens with one attached hydrogen (secondary N) is 1. The molecule has 0 aliphatic heterocycles. The van der Waals surface area contributed by atoms with Crippen LogP contribution in [0.1, 0.15) is 23.7 Å². The Balaban J connectivity index is 2.20. The predicted molar refractivity (Wildman–Crippen MR) is 86.6 cm³/mol. The SMILES string of the molecule is CCCOc1ccc(Cl)cc1C(=O)Nc1ccc(Cl)cc1. The minimum absolute atomic E-state index is 0.272. The van der Waals surface area contributed by atoms with Crippen LogP contribution in [0.4, 0.5) is 5.69 Å². The minimum atomic E-state index is -0.272. The van der Waals surface area contributed by atoms with Gasteiger partial charge in [0.1, 0.15) is 5.75 Å². The quantitative estimate of drug-likeness (QED) is 0.837. The summed E-state index contributed by atoms with van der Waals surface area (Å²) < 4.78 is 5.58. The molecule has 21 heavy (non-hydrogen) atoms. The van der Waals surface area contributed by atoms with E-state index in [1.807, 2.05) is 6.92 Å². The molecule has 2 aromatic carbocycles. The van der Waals surface area contributed by atoms with Crippen LogP contribution in [-0.4, -0.2) is 12.5 Å². The Bertz CT molecular complexity index is 627. The maximum Gasteiger partial charge on any atom is 0.259 e. The van der Waals surface area contributed by atoms with Crippen LogP contribution >= 0.6 is 23.2 Å². The maximum absolute atomic E-state index is 12.4. The first kappa shape index (κ1) is 15.7. The van der Waals surface area contributed by atoms with Crippen molar-refractivity contribution < 1.29 is 9.53 Å². The molecule has 0 atom stereocenters. The molecule has 0 unspecified atom stereocenters. The fourth-order valence-electron chi connectivity index (χ4n) is 1.75. The van der Waals surface area contributed by atoms with Crippen LogP contribution < -0.4 is 10.1 Å². The van der Waals surface area contributed by atoms with Gasteiger partial charge in [0, 0.05) is 15.7 Å². The summed E-state index contributed by atoms with van der Waals surface area (Å²) in [5.74, 6) is 0.249. The molecule has 0 saturated heterocycles. The summed E-state index contributed by atoms with van der Waals surface area (Å²) in [5.41, 5.74) is 1.07. The molecule has 0 fully saturated rings. The second-order valence-corrected chi connectivity index (χ2v) is 5.32. The number of carbonyl (C=O) groups is 1. The monoisotopic (exact) mass is 323 g/mol. The van der Waals surface area contributed by atoms with Crippen molar-refractivity contribution in [1.29, 1.82) is 0 Å². The molecule has 0 radical (unpaired) electrons. The summed E-state index contributed by atoms with van der Waals surface area (Å²) in [7, 11) is 0. The fourth-order valence-corrected chi connectivity index (χ4v) is 2.05. The van der Waals surface area contributed by atoms with E-state index in [1.165, 1.54) is 0 Å². The van der Waals surface area contributed by atoms with Gasteiger partial charge in [-0.25, -0.2) is 0 Å². The van der Waals surface area contributed by atoms with Gasteiger partial charge in [0.25, 0.3) is 5.91 Å². The highest BCUT2D eigenvalue weighted by molar-refractivity contribution is 6.31. The van der Waals surface area contributed by atoms with Gasteiger partial charge in [-0.3, -0.25) is 4.79 Å². The zero-order chi connectivity index (χ0) is 15.2. The molecule has 1 amide bonds. The highest BCUT2D eigenvalue weighted by Crippen LogP contribution is 2.24. The van der Waals surface area contributed by atoms with Crippen LogP contribution in [0.2, 0.25) is 10.0 Å². The number of hydrogen-bond donors (Lipinski definition) is 1. The Morgan fingerprint density at radius 1 is 1.10 bits per heavy atom. The molecule has 1 N–H and O–H groups in total. The Morgan fingerprint density at radius 3 is 2.43 bits per heavy atom. The van der Waals surface area contributed by atoms with Gasteiger partial charge in [-0.05, 0) is 48.9 Å². The summed E-state index contributed by atoms with van der Waals surface area (Å²) in [5, 5.41) is 3.89. The van der Waals surface area contributed by atoms with Crippen molar-refractivity contribution in [3.05, 3.63) is 58.1 Å². The first-order chi connectivity index (χ1) is 10.1. The van der Waals surface area contributed by atoms with Crippen molar-refractivity contribution in [2.75, 3.05) is 11.9 Å². The van der Waals surface area contributed by atoms with E-state index in [0.29, 0.717) is 33.7 Å². The van der Waals surface area contributed by atoms with Crippen molar-refractivity contribution in [2.45, 2.75) is 13.3 Å². The summed E-state index contributed by atoms with van der Waals surface area (Å²) in [6.45, 7) is 2.55. The highest BCUT2D eigenvalue weighted by atomic mass is 35.5. The van der Waals surface area contributed by atoms with Gasteiger partial charge in [-0.1, -0.05) is 30.1 Å². The van der Waals surface area contributed by atoms with E-state index in [-0.39, 0.29) is 5.91 Å². The van der Waals surface area contributed by atoms with Gasteiger partial charge in [-0.2, -0.15) is 0 Å². The summed E-state index contributed by atoms with van der Waals surface area (Å²) in [6, 6.07) is 11.9. The summed E-state index contributed by atoms with van der Waals surface area (Å²) in [6.07, 6.45) is 0.862. The van der Waals surface area contributed by atoms with E-state index >= 15 is 0 Å². The van der Waals surface area contributed by atoms with Crippen LogP contribution in [0.15, 0.2) is 42.5 Å². The van der Waals surface area contributed by atoms with Crippen LogP contribution in [-0.2, 0) is 0 Å². The molecule has 0 aliphatic rings. The van der Waals surface area contributed by atoms with Crippen LogP contribution in [0.25, 0.3) is 0 Å². The van der Waals surface area contributed by atoms with E-state index in [2.05, 4.69) is 5.32 Å². The smallest absolute Gasteiger partial charge is 0.259 e. The second-order valence-electron chi connectivity index (χ2n) is 4.45. The third kappa shape index (κ3) is 4.38. The number of anilines is 1. The Hall–Kier alpha value is -1.71. The fraction of sp³-hybridized carbons (Fsp3) is 0.188. The van der Waals surface area contributed by atoms with Crippen LogP contribution in [0.5, 0.6) is 5.75 Å². The lowest BCUT2D eigenvalue weighted by Gasteiger charge is -2.11. The second kappa shape index (κ2) is 7.34. The molecule has 110 valence electrons. The topological polar surface area (TPSA) is 38.3 Å². The van der Waals surface area contributed by atoms with Crippen molar-refractivity contribution >= 4 is 34.8 Å². The first-order valence-corrected chi connectivity index (χ1v) is 7.35. The van der Waals surface area contributed by atoms with Gasteiger partial charge in [-0.15, -0.1) is 0 Å². The van der Waals surface area contributed by atoms with Crippen molar-refractivity contribution in [1.82, 2.24) is 0 Å². The van der Waals surface area contributed by atoms with E-state index in [1.54, 1.807) is 42.5 Å². The number of benzene rings is 2. The lowest BCUT2D eigenvalue weighted by Crippen LogP contribution is -2.14. The molecule has 0 bridgehead atoms. The molecule has 5 heteroatoms. The van der Waals surface area contributed by atoms with E-state index < -0.39 is 0 Å². The lowest BCUT2D eigenvalue weighted by atomic mass is 10.1. The molecule has 2 aromatic rings. The van der Waals surface area contributed by atoms with Gasteiger partial charge in [0.2, 0.25) is 0 Å². The molecule has 3 nitrogen and oxygen atoms in total. The van der Waals surface area contributed by atoms with Crippen molar-refractivity contribution in [3.63, 3.8) is 0 Å². The van der Waals surface area contributed by atoms with Gasteiger partial charge in [0.15, 0.2) is 0 Å². The number of halogens is 2. The number of hydrogen-bond acceptors (Lipinski definition) is 2. The Kier molecular flexibility index (Phi) is 5.48. The molecule has 0 saturated carbocycles. The number of amides is 1. The number of carbonyl (C=O) groups excluding carboxylic acids is 1. The molecule has 2 rings (SSSR count). The zero-order valence-electron chi connectivity index (χ0n) is 11.5. The molecular weight excluding hydrogens is 309 g/mol. The van der Waals surface area contributed by atoms with Crippen LogP contribution in [0.3, 0.4) is 0 Å². The predicted octanol–water partition coefficient (Wildman–Crippen LogP) is 5.03. The minimum Gasteiger partial charge on any atom is -0.493 e. The summed E-state index contributed by atoms with van der Waals surface area (Å²) >= 11 is 11.8. The summed E-state index contributed by atoms with van der Waals surface area (Å²) in [4.78, 5) is 12.4. The van der Waals surface area contributed by atoms with Gasteiger partial charge < -0.3 is 10.1 Å². The first-order valence-electron chi connectivity index (χ1n) is 6.59. The Morgan fingerprint density at radius 2 is 1.76 bits per heavy atom. The van der Waals surface area contributed by atoms with E-state index in [9.17, 15) is 4.79 Å². The third-order valence-corrected chi connectivity index (χ3v) is 3.24. The molecular formula is C16H15Cl2NO2. The third-order valence-electron chi connectivity index (χ3n) is 2.75. The molecule has 0 aromatic heterocycles. The van der Waals surface area contributed by atoms with E-state index in [4.69, 9.17) is 27.9 Å². The van der Waals surface area contributed by atoms with Crippen LogP contribution in [0, 0.1) is 0 Å².